The topological polar surface area (TPSA) is 65.7 Å². The number of aliphatic hydroxyl groups excluding tert-OH is 1. The fraction of sp³-hybridized carbons (Fsp3) is 0.438. The molecule has 21 heavy (non-hydrogen) atoms. The predicted octanol–water partition coefficient (Wildman–Crippen LogP) is 2.00. The minimum atomic E-state index is -0.232. The van der Waals surface area contributed by atoms with Crippen LogP contribution in [0.25, 0.3) is 11.0 Å². The van der Waals surface area contributed by atoms with Gasteiger partial charge in [-0.2, -0.15) is 0 Å². The van der Waals surface area contributed by atoms with E-state index < -0.39 is 0 Å². The van der Waals surface area contributed by atoms with E-state index in [1.54, 1.807) is 0 Å². The van der Waals surface area contributed by atoms with E-state index >= 15 is 0 Å². The molecule has 0 radical (unpaired) electrons. The van der Waals surface area contributed by atoms with Gasteiger partial charge in [-0.05, 0) is 33.5 Å². The molecule has 0 fully saturated rings. The quantitative estimate of drug-likeness (QED) is 0.854. The van der Waals surface area contributed by atoms with Gasteiger partial charge >= 0.3 is 0 Å². The first-order valence-corrected chi connectivity index (χ1v) is 7.09. The highest BCUT2D eigenvalue weighted by atomic mass is 16.3. The molecule has 1 aromatic heterocycles. The number of benzene rings is 1. The van der Waals surface area contributed by atoms with Crippen LogP contribution in [0.3, 0.4) is 0 Å². The van der Waals surface area contributed by atoms with Gasteiger partial charge in [0.2, 0.25) is 0 Å². The van der Waals surface area contributed by atoms with Crippen molar-refractivity contribution in [1.29, 1.82) is 0 Å². The van der Waals surface area contributed by atoms with Gasteiger partial charge in [0, 0.05) is 30.1 Å². The molecule has 0 bridgehead atoms. The Morgan fingerprint density at radius 1 is 1.38 bits per heavy atom. The van der Waals surface area contributed by atoms with Crippen LogP contribution in [0, 0.1) is 0 Å². The molecule has 1 aromatic carbocycles. The summed E-state index contributed by atoms with van der Waals surface area (Å²) in [6.07, 6.45) is 0.523. The van der Waals surface area contributed by atoms with Crippen molar-refractivity contribution in [2.24, 2.45) is 0 Å². The minimum Gasteiger partial charge on any atom is -0.451 e. The first-order valence-electron chi connectivity index (χ1n) is 7.09. The van der Waals surface area contributed by atoms with Crippen LogP contribution in [0.4, 0.5) is 0 Å². The number of para-hydroxylation sites is 1. The molecular weight excluding hydrogens is 268 g/mol. The Bertz CT molecular complexity index is 619. The predicted molar refractivity (Wildman–Crippen MR) is 82.2 cm³/mol. The van der Waals surface area contributed by atoms with Crippen LogP contribution < -0.4 is 5.32 Å². The lowest BCUT2D eigenvalue weighted by molar-refractivity contribution is 0.0906. The van der Waals surface area contributed by atoms with Crippen molar-refractivity contribution in [2.75, 3.05) is 20.7 Å². The van der Waals surface area contributed by atoms with Gasteiger partial charge in [-0.1, -0.05) is 18.2 Å². The van der Waals surface area contributed by atoms with Gasteiger partial charge in [0.25, 0.3) is 5.91 Å². The maximum absolute atomic E-state index is 12.4. The molecule has 5 heteroatoms. The molecule has 2 N–H and O–H groups in total. The van der Waals surface area contributed by atoms with E-state index in [4.69, 9.17) is 9.52 Å². The van der Waals surface area contributed by atoms with Gasteiger partial charge in [-0.15, -0.1) is 0 Å². The number of hydrogen-bond acceptors (Lipinski definition) is 4. The van der Waals surface area contributed by atoms with Crippen LogP contribution in [0.15, 0.2) is 28.7 Å². The van der Waals surface area contributed by atoms with Crippen molar-refractivity contribution in [3.8, 4) is 0 Å². The Morgan fingerprint density at radius 3 is 2.76 bits per heavy atom. The zero-order valence-electron chi connectivity index (χ0n) is 12.7. The molecule has 1 atom stereocenters. The average molecular weight is 290 g/mol. The average Bonchev–Trinajstić information content (AvgIpc) is 2.77. The number of carbonyl (C=O) groups excluding carboxylic acids is 1. The second-order valence-electron chi connectivity index (χ2n) is 5.53. The van der Waals surface area contributed by atoms with Gasteiger partial charge in [-0.25, -0.2) is 0 Å². The van der Waals surface area contributed by atoms with Crippen LogP contribution in [0.2, 0.25) is 0 Å². The number of amides is 1. The van der Waals surface area contributed by atoms with Crippen LogP contribution in [0.5, 0.6) is 0 Å². The summed E-state index contributed by atoms with van der Waals surface area (Å²) in [4.78, 5) is 14.4. The molecule has 0 saturated heterocycles. The summed E-state index contributed by atoms with van der Waals surface area (Å²) in [6, 6.07) is 7.56. The Morgan fingerprint density at radius 2 is 2.10 bits per heavy atom. The molecule has 0 saturated carbocycles. The molecule has 2 rings (SSSR count). The summed E-state index contributed by atoms with van der Waals surface area (Å²) in [7, 11) is 3.91. The lowest BCUT2D eigenvalue weighted by Crippen LogP contribution is -2.33. The molecule has 0 aliphatic carbocycles. The van der Waals surface area contributed by atoms with Crippen LogP contribution in [-0.4, -0.2) is 42.7 Å². The molecule has 1 amide bonds. The number of fused-ring (bicyclic) bond motifs is 1. The Balaban J connectivity index is 2.35. The molecular formula is C16H22N2O3. The number of carbonyl (C=O) groups is 1. The zero-order chi connectivity index (χ0) is 15.4. The van der Waals surface area contributed by atoms with Gasteiger partial charge < -0.3 is 19.7 Å². The largest absolute Gasteiger partial charge is 0.451 e. The minimum absolute atomic E-state index is 0.0477. The lowest BCUT2D eigenvalue weighted by Gasteiger charge is -2.13. The summed E-state index contributed by atoms with van der Waals surface area (Å²) < 4.78 is 5.74. The van der Waals surface area contributed by atoms with E-state index in [2.05, 4.69) is 5.32 Å². The zero-order valence-corrected chi connectivity index (χ0v) is 12.7. The first kappa shape index (κ1) is 15.5. The third-order valence-corrected chi connectivity index (χ3v) is 3.32. The van der Waals surface area contributed by atoms with Crippen molar-refractivity contribution in [1.82, 2.24) is 10.2 Å². The van der Waals surface area contributed by atoms with Crippen LogP contribution in [0.1, 0.15) is 29.5 Å². The third kappa shape index (κ3) is 3.62. The summed E-state index contributed by atoms with van der Waals surface area (Å²) in [5.41, 5.74) is 1.61. The van der Waals surface area contributed by atoms with Crippen molar-refractivity contribution in [3.63, 3.8) is 0 Å². The number of nitrogens with one attached hydrogen (secondary N) is 1. The van der Waals surface area contributed by atoms with Gasteiger partial charge in [0.15, 0.2) is 5.76 Å². The number of hydrogen-bond donors (Lipinski definition) is 2. The van der Waals surface area contributed by atoms with E-state index in [0.29, 0.717) is 24.3 Å². The molecule has 114 valence electrons. The second-order valence-corrected chi connectivity index (χ2v) is 5.53. The van der Waals surface area contributed by atoms with Crippen molar-refractivity contribution >= 4 is 16.9 Å². The fourth-order valence-electron chi connectivity index (χ4n) is 2.31. The Hall–Kier alpha value is -1.85. The number of nitrogens with zero attached hydrogens (tertiary/aromatic N) is 1. The van der Waals surface area contributed by atoms with Gasteiger partial charge in [0.1, 0.15) is 5.58 Å². The van der Waals surface area contributed by atoms with E-state index in [1.165, 1.54) is 0 Å². The first-order chi connectivity index (χ1) is 10.0. The van der Waals surface area contributed by atoms with Crippen molar-refractivity contribution in [2.45, 2.75) is 25.9 Å². The molecule has 0 aliphatic rings. The van der Waals surface area contributed by atoms with Crippen LogP contribution >= 0.6 is 0 Å². The Labute approximate surface area is 124 Å². The molecule has 1 heterocycles. The molecule has 0 aliphatic heterocycles. The SMILES string of the molecule is CC(CCO)NC(=O)c1oc2ccccc2c1CN(C)C. The maximum atomic E-state index is 12.4. The second kappa shape index (κ2) is 6.74. The van der Waals surface area contributed by atoms with E-state index in [-0.39, 0.29) is 18.6 Å². The van der Waals surface area contributed by atoms with Crippen LogP contribution in [-0.2, 0) is 6.54 Å². The Kier molecular flexibility index (Phi) is 4.98. The molecule has 2 aromatic rings. The van der Waals surface area contributed by atoms with E-state index in [0.717, 1.165) is 10.9 Å². The highest BCUT2D eigenvalue weighted by molar-refractivity contribution is 5.99. The third-order valence-electron chi connectivity index (χ3n) is 3.32. The maximum Gasteiger partial charge on any atom is 0.287 e. The van der Waals surface area contributed by atoms with E-state index in [9.17, 15) is 4.79 Å². The lowest BCUT2D eigenvalue weighted by atomic mass is 10.1. The standard InChI is InChI=1S/C16H22N2O3/c1-11(8-9-19)17-16(20)15-13(10-18(2)3)12-6-4-5-7-14(12)21-15/h4-7,11,19H,8-10H2,1-3H3,(H,17,20). The fourth-order valence-corrected chi connectivity index (χ4v) is 2.31. The normalized spacial score (nSPS) is 12.8. The highest BCUT2D eigenvalue weighted by Crippen LogP contribution is 2.26. The summed E-state index contributed by atoms with van der Waals surface area (Å²) >= 11 is 0. The molecule has 1 unspecified atom stereocenters. The highest BCUT2D eigenvalue weighted by Gasteiger charge is 2.21. The van der Waals surface area contributed by atoms with Crippen molar-refractivity contribution < 1.29 is 14.3 Å². The number of furan rings is 1. The number of aliphatic hydroxyl groups is 1. The summed E-state index contributed by atoms with van der Waals surface area (Å²) in [5.74, 6) is 0.124. The summed E-state index contributed by atoms with van der Waals surface area (Å²) in [6.45, 7) is 2.54. The summed E-state index contributed by atoms with van der Waals surface area (Å²) in [5, 5.41) is 12.8. The van der Waals surface area contributed by atoms with Crippen molar-refractivity contribution in [3.05, 3.63) is 35.6 Å². The monoisotopic (exact) mass is 290 g/mol. The molecule has 0 spiro atoms. The van der Waals surface area contributed by atoms with Gasteiger partial charge in [0.05, 0.1) is 0 Å². The van der Waals surface area contributed by atoms with E-state index in [1.807, 2.05) is 50.2 Å². The smallest absolute Gasteiger partial charge is 0.287 e. The van der Waals surface area contributed by atoms with Gasteiger partial charge in [-0.3, -0.25) is 4.79 Å². The molecule has 5 nitrogen and oxygen atoms in total. The number of rotatable bonds is 6.